The van der Waals surface area contributed by atoms with Gasteiger partial charge in [0.05, 0.1) is 5.41 Å². The summed E-state index contributed by atoms with van der Waals surface area (Å²) in [4.78, 5) is 22.8. The molecule has 0 unspecified atom stereocenters. The Morgan fingerprint density at radius 3 is 2.28 bits per heavy atom. The molecule has 0 atom stereocenters. The molecule has 0 aromatic heterocycles. The van der Waals surface area contributed by atoms with Crippen molar-refractivity contribution in [2.24, 2.45) is 0 Å². The molecule has 0 saturated heterocycles. The summed E-state index contributed by atoms with van der Waals surface area (Å²) in [5.41, 5.74) is 0.763. The number of amides is 2. The molecule has 1 fully saturated rings. The second-order valence-corrected chi connectivity index (χ2v) is 4.69. The number of hydrogen-bond acceptors (Lipinski definition) is 2. The van der Waals surface area contributed by atoms with Crippen LogP contribution in [-0.4, -0.2) is 24.9 Å². The zero-order valence-corrected chi connectivity index (χ0v) is 10.5. The number of benzene rings is 1. The first-order valence-electron chi connectivity index (χ1n) is 6.23. The van der Waals surface area contributed by atoms with Crippen LogP contribution in [0.3, 0.4) is 0 Å². The van der Waals surface area contributed by atoms with Crippen LogP contribution in [0.15, 0.2) is 30.3 Å². The Kier molecular flexibility index (Phi) is 3.65. The summed E-state index contributed by atoms with van der Waals surface area (Å²) in [5, 5.41) is 5.54. The van der Waals surface area contributed by atoms with Gasteiger partial charge in [-0.05, 0) is 18.4 Å². The lowest BCUT2D eigenvalue weighted by Gasteiger charge is -2.15. The standard InChI is InChI=1S/C14H18N2O2/c1-11(17)15-9-10-16-13(18)14(7-8-14)12-5-3-2-4-6-12/h2-6H,7-10H2,1H3,(H,15,17)(H,16,18). The number of hydrogen-bond donors (Lipinski definition) is 2. The number of carbonyl (C=O) groups excluding carboxylic acids is 2. The Hall–Kier alpha value is -1.84. The van der Waals surface area contributed by atoms with Crippen LogP contribution in [0, 0.1) is 0 Å². The van der Waals surface area contributed by atoms with Gasteiger partial charge in [0.15, 0.2) is 0 Å². The Labute approximate surface area is 107 Å². The molecule has 2 rings (SSSR count). The van der Waals surface area contributed by atoms with Crippen molar-refractivity contribution in [3.63, 3.8) is 0 Å². The van der Waals surface area contributed by atoms with Crippen LogP contribution in [0.5, 0.6) is 0 Å². The van der Waals surface area contributed by atoms with Crippen molar-refractivity contribution >= 4 is 11.8 Å². The molecule has 18 heavy (non-hydrogen) atoms. The van der Waals surface area contributed by atoms with E-state index in [1.807, 2.05) is 30.3 Å². The zero-order chi connectivity index (χ0) is 13.0. The summed E-state index contributed by atoms with van der Waals surface area (Å²) in [7, 11) is 0. The van der Waals surface area contributed by atoms with Crippen LogP contribution in [0.1, 0.15) is 25.3 Å². The van der Waals surface area contributed by atoms with Gasteiger partial charge in [-0.2, -0.15) is 0 Å². The molecule has 1 aliphatic rings. The molecule has 96 valence electrons. The van der Waals surface area contributed by atoms with Crippen molar-refractivity contribution in [3.05, 3.63) is 35.9 Å². The highest BCUT2D eigenvalue weighted by Gasteiger charge is 2.50. The number of rotatable bonds is 5. The summed E-state index contributed by atoms with van der Waals surface area (Å²) in [6.45, 7) is 2.42. The summed E-state index contributed by atoms with van der Waals surface area (Å²) in [6.07, 6.45) is 1.81. The Bertz CT molecular complexity index is 438. The molecule has 1 aromatic carbocycles. The summed E-state index contributed by atoms with van der Waals surface area (Å²) in [5.74, 6) is -0.00695. The smallest absolute Gasteiger partial charge is 0.230 e. The van der Waals surface area contributed by atoms with Crippen molar-refractivity contribution < 1.29 is 9.59 Å². The van der Waals surface area contributed by atoms with Crippen LogP contribution in [-0.2, 0) is 15.0 Å². The van der Waals surface area contributed by atoms with Crippen LogP contribution in [0.4, 0.5) is 0 Å². The second-order valence-electron chi connectivity index (χ2n) is 4.69. The third-order valence-electron chi connectivity index (χ3n) is 3.30. The molecule has 1 saturated carbocycles. The fourth-order valence-electron chi connectivity index (χ4n) is 2.11. The van der Waals surface area contributed by atoms with Gasteiger partial charge in [0, 0.05) is 20.0 Å². The Morgan fingerprint density at radius 1 is 1.11 bits per heavy atom. The maximum atomic E-state index is 12.1. The van der Waals surface area contributed by atoms with Gasteiger partial charge in [-0.15, -0.1) is 0 Å². The average molecular weight is 246 g/mol. The first-order chi connectivity index (χ1) is 8.65. The van der Waals surface area contributed by atoms with Crippen molar-refractivity contribution in [2.75, 3.05) is 13.1 Å². The van der Waals surface area contributed by atoms with Crippen molar-refractivity contribution in [1.29, 1.82) is 0 Å². The van der Waals surface area contributed by atoms with Gasteiger partial charge in [0.1, 0.15) is 0 Å². The molecule has 1 aromatic rings. The predicted octanol–water partition coefficient (Wildman–Crippen LogP) is 0.970. The lowest BCUT2D eigenvalue weighted by Crippen LogP contribution is -2.39. The molecular weight excluding hydrogens is 228 g/mol. The largest absolute Gasteiger partial charge is 0.355 e. The van der Waals surface area contributed by atoms with Crippen molar-refractivity contribution in [1.82, 2.24) is 10.6 Å². The molecule has 4 nitrogen and oxygen atoms in total. The normalized spacial score (nSPS) is 15.8. The van der Waals surface area contributed by atoms with Crippen LogP contribution in [0.2, 0.25) is 0 Å². The second kappa shape index (κ2) is 5.21. The van der Waals surface area contributed by atoms with E-state index in [4.69, 9.17) is 0 Å². The van der Waals surface area contributed by atoms with E-state index in [0.29, 0.717) is 13.1 Å². The van der Waals surface area contributed by atoms with Gasteiger partial charge >= 0.3 is 0 Å². The fourth-order valence-corrected chi connectivity index (χ4v) is 2.11. The van der Waals surface area contributed by atoms with Crippen LogP contribution < -0.4 is 10.6 Å². The molecule has 2 amide bonds. The maximum Gasteiger partial charge on any atom is 0.230 e. The Balaban J connectivity index is 1.88. The van der Waals surface area contributed by atoms with E-state index in [1.54, 1.807) is 0 Å². The highest BCUT2D eigenvalue weighted by molar-refractivity contribution is 5.91. The molecule has 0 heterocycles. The Morgan fingerprint density at radius 2 is 1.72 bits per heavy atom. The third-order valence-corrected chi connectivity index (χ3v) is 3.30. The first-order valence-corrected chi connectivity index (χ1v) is 6.23. The van der Waals surface area contributed by atoms with Crippen molar-refractivity contribution in [3.8, 4) is 0 Å². The third kappa shape index (κ3) is 2.70. The van der Waals surface area contributed by atoms with E-state index in [2.05, 4.69) is 10.6 Å². The molecule has 2 N–H and O–H groups in total. The lowest BCUT2D eigenvalue weighted by atomic mass is 9.95. The van der Waals surface area contributed by atoms with E-state index in [9.17, 15) is 9.59 Å². The minimum atomic E-state index is -0.322. The van der Waals surface area contributed by atoms with Crippen molar-refractivity contribution in [2.45, 2.75) is 25.2 Å². The van der Waals surface area contributed by atoms with Crippen LogP contribution >= 0.6 is 0 Å². The van der Waals surface area contributed by atoms with E-state index in [-0.39, 0.29) is 17.2 Å². The van der Waals surface area contributed by atoms with Gasteiger partial charge in [0.2, 0.25) is 11.8 Å². The molecule has 0 aliphatic heterocycles. The van der Waals surface area contributed by atoms with Crippen LogP contribution in [0.25, 0.3) is 0 Å². The summed E-state index contributed by atoms with van der Waals surface area (Å²) in [6, 6.07) is 9.87. The van der Waals surface area contributed by atoms with Gasteiger partial charge in [-0.25, -0.2) is 0 Å². The highest BCUT2D eigenvalue weighted by Crippen LogP contribution is 2.48. The van der Waals surface area contributed by atoms with E-state index in [0.717, 1.165) is 18.4 Å². The quantitative estimate of drug-likeness (QED) is 0.761. The van der Waals surface area contributed by atoms with E-state index >= 15 is 0 Å². The summed E-state index contributed by atoms with van der Waals surface area (Å²) < 4.78 is 0. The first kappa shape index (κ1) is 12.6. The lowest BCUT2D eigenvalue weighted by molar-refractivity contribution is -0.124. The average Bonchev–Trinajstić information content (AvgIpc) is 3.17. The molecule has 0 spiro atoms. The molecule has 1 aliphatic carbocycles. The molecule has 0 radical (unpaired) electrons. The number of carbonyl (C=O) groups is 2. The minimum absolute atomic E-state index is 0.0686. The van der Waals surface area contributed by atoms with E-state index in [1.165, 1.54) is 6.92 Å². The van der Waals surface area contributed by atoms with Gasteiger partial charge in [-0.1, -0.05) is 30.3 Å². The SMILES string of the molecule is CC(=O)NCCNC(=O)C1(c2ccccc2)CC1. The van der Waals surface area contributed by atoms with Gasteiger partial charge < -0.3 is 10.6 Å². The number of nitrogens with one attached hydrogen (secondary N) is 2. The highest BCUT2D eigenvalue weighted by atomic mass is 16.2. The minimum Gasteiger partial charge on any atom is -0.355 e. The van der Waals surface area contributed by atoms with E-state index < -0.39 is 0 Å². The topological polar surface area (TPSA) is 58.2 Å². The maximum absolute atomic E-state index is 12.1. The molecule has 0 bridgehead atoms. The summed E-state index contributed by atoms with van der Waals surface area (Å²) >= 11 is 0. The molecule has 4 heteroatoms. The predicted molar refractivity (Wildman–Crippen MR) is 69.0 cm³/mol. The van der Waals surface area contributed by atoms with Gasteiger partial charge in [-0.3, -0.25) is 9.59 Å². The zero-order valence-electron chi connectivity index (χ0n) is 10.5. The molecular formula is C14H18N2O2. The van der Waals surface area contributed by atoms with Gasteiger partial charge in [0.25, 0.3) is 0 Å². The monoisotopic (exact) mass is 246 g/mol. The fraction of sp³-hybridized carbons (Fsp3) is 0.429.